The molecule has 0 radical (unpaired) electrons. The molecule has 0 saturated heterocycles. The second-order valence-corrected chi connectivity index (χ2v) is 3.91. The van der Waals surface area contributed by atoms with E-state index in [-0.39, 0.29) is 17.2 Å². The number of rotatable bonds is 6. The lowest BCUT2D eigenvalue weighted by Crippen LogP contribution is -2.27. The summed E-state index contributed by atoms with van der Waals surface area (Å²) >= 11 is 5.43. The number of hydrogen-bond donors (Lipinski definition) is 2. The summed E-state index contributed by atoms with van der Waals surface area (Å²) in [6, 6.07) is 5.06. The van der Waals surface area contributed by atoms with Crippen molar-refractivity contribution in [1.82, 2.24) is 5.32 Å². The molecule has 0 heterocycles. The van der Waals surface area contributed by atoms with Crippen molar-refractivity contribution in [3.05, 3.63) is 29.3 Å². The molecule has 1 aromatic rings. The fourth-order valence-electron chi connectivity index (χ4n) is 1.33. The van der Waals surface area contributed by atoms with Crippen molar-refractivity contribution < 1.29 is 14.6 Å². The molecule has 0 bridgehead atoms. The van der Waals surface area contributed by atoms with E-state index in [2.05, 4.69) is 5.32 Å². The minimum atomic E-state index is -0.305. The first kappa shape index (κ1) is 13.8. The van der Waals surface area contributed by atoms with Crippen LogP contribution in [0.15, 0.2) is 18.2 Å². The Kier molecular flexibility index (Phi) is 5.80. The van der Waals surface area contributed by atoms with E-state index in [1.54, 1.807) is 25.1 Å². The highest BCUT2D eigenvalue weighted by molar-refractivity contribution is 6.17. The molecule has 4 nitrogen and oxygen atoms in total. The highest BCUT2D eigenvalue weighted by Crippen LogP contribution is 2.20. The molecule has 0 aromatic heterocycles. The Bertz CT molecular complexity index is 382. The van der Waals surface area contributed by atoms with Gasteiger partial charge in [-0.2, -0.15) is 0 Å². The minimum Gasteiger partial charge on any atom is -0.507 e. The summed E-state index contributed by atoms with van der Waals surface area (Å²) in [6.45, 7) is 3.01. The number of alkyl halides is 1. The lowest BCUT2D eigenvalue weighted by molar-refractivity contribution is 0.0921. The monoisotopic (exact) mass is 257 g/mol. The first-order valence-corrected chi connectivity index (χ1v) is 5.90. The molecular formula is C12H16ClNO3. The van der Waals surface area contributed by atoms with Crippen molar-refractivity contribution in [3.63, 3.8) is 0 Å². The van der Waals surface area contributed by atoms with Gasteiger partial charge in [-0.25, -0.2) is 0 Å². The molecule has 1 rings (SSSR count). The van der Waals surface area contributed by atoms with Gasteiger partial charge in [-0.1, -0.05) is 12.1 Å². The van der Waals surface area contributed by atoms with Gasteiger partial charge in [-0.15, -0.1) is 11.6 Å². The van der Waals surface area contributed by atoms with E-state index < -0.39 is 0 Å². The van der Waals surface area contributed by atoms with Gasteiger partial charge in [0, 0.05) is 12.4 Å². The third kappa shape index (κ3) is 4.24. The second kappa shape index (κ2) is 7.14. The molecule has 94 valence electrons. The summed E-state index contributed by atoms with van der Waals surface area (Å²) in [4.78, 5) is 11.7. The Hall–Kier alpha value is -1.26. The number of amides is 1. The zero-order chi connectivity index (χ0) is 12.7. The van der Waals surface area contributed by atoms with E-state index >= 15 is 0 Å². The third-order valence-electron chi connectivity index (χ3n) is 2.24. The molecule has 0 aliphatic carbocycles. The predicted octanol–water partition coefficient (Wildman–Crippen LogP) is 1.69. The van der Waals surface area contributed by atoms with Crippen LogP contribution in [0, 0.1) is 6.92 Å². The number of hydrogen-bond acceptors (Lipinski definition) is 3. The molecule has 1 amide bonds. The first-order chi connectivity index (χ1) is 8.16. The molecule has 1 aromatic carbocycles. The Morgan fingerprint density at radius 2 is 2.24 bits per heavy atom. The number of ether oxygens (including phenoxy) is 1. The zero-order valence-electron chi connectivity index (χ0n) is 9.70. The van der Waals surface area contributed by atoms with Crippen molar-refractivity contribution in [2.75, 3.05) is 25.6 Å². The van der Waals surface area contributed by atoms with Crippen LogP contribution in [0.2, 0.25) is 0 Å². The maximum atomic E-state index is 11.7. The van der Waals surface area contributed by atoms with Gasteiger partial charge in [0.05, 0.1) is 18.8 Å². The number of phenolic OH excluding ortho intramolecular Hbond substituents is 1. The van der Waals surface area contributed by atoms with Crippen molar-refractivity contribution in [2.24, 2.45) is 0 Å². The van der Waals surface area contributed by atoms with Crippen LogP contribution < -0.4 is 5.32 Å². The molecule has 0 atom stereocenters. The van der Waals surface area contributed by atoms with E-state index in [1.165, 1.54) is 0 Å². The van der Waals surface area contributed by atoms with Crippen LogP contribution in [0.1, 0.15) is 15.9 Å². The van der Waals surface area contributed by atoms with Crippen molar-refractivity contribution in [1.29, 1.82) is 0 Å². The predicted molar refractivity (Wildman–Crippen MR) is 66.7 cm³/mol. The fourth-order valence-corrected chi connectivity index (χ4v) is 1.44. The van der Waals surface area contributed by atoms with E-state index in [0.29, 0.717) is 31.2 Å². The molecule has 2 N–H and O–H groups in total. The number of phenols is 1. The van der Waals surface area contributed by atoms with Crippen LogP contribution in [0.25, 0.3) is 0 Å². The average Bonchev–Trinajstić information content (AvgIpc) is 2.32. The van der Waals surface area contributed by atoms with Gasteiger partial charge in [-0.05, 0) is 18.6 Å². The number of carbonyl (C=O) groups excluding carboxylic acids is 1. The summed E-state index contributed by atoms with van der Waals surface area (Å²) in [5.41, 5.74) is 0.957. The summed E-state index contributed by atoms with van der Waals surface area (Å²) in [5.74, 6) is 0.152. The van der Waals surface area contributed by atoms with Crippen LogP contribution in [0.4, 0.5) is 0 Å². The topological polar surface area (TPSA) is 58.6 Å². The SMILES string of the molecule is Cc1cccc(C(=O)NCCOCCCl)c1O. The Morgan fingerprint density at radius 1 is 1.47 bits per heavy atom. The minimum absolute atomic E-state index is 0.0201. The maximum absolute atomic E-state index is 11.7. The van der Waals surface area contributed by atoms with Crippen molar-refractivity contribution in [2.45, 2.75) is 6.92 Å². The Balaban J connectivity index is 2.44. The van der Waals surface area contributed by atoms with Gasteiger partial charge < -0.3 is 15.2 Å². The number of aromatic hydroxyl groups is 1. The number of benzene rings is 1. The first-order valence-electron chi connectivity index (χ1n) is 5.37. The molecule has 5 heteroatoms. The maximum Gasteiger partial charge on any atom is 0.255 e. The average molecular weight is 258 g/mol. The lowest BCUT2D eigenvalue weighted by Gasteiger charge is -2.08. The molecule has 0 aliphatic rings. The van der Waals surface area contributed by atoms with Crippen LogP contribution in [0.5, 0.6) is 5.75 Å². The lowest BCUT2D eigenvalue weighted by atomic mass is 10.1. The summed E-state index contributed by atoms with van der Waals surface area (Å²) in [7, 11) is 0. The summed E-state index contributed by atoms with van der Waals surface area (Å²) in [6.07, 6.45) is 0. The molecular weight excluding hydrogens is 242 g/mol. The molecule has 0 spiro atoms. The van der Waals surface area contributed by atoms with E-state index in [4.69, 9.17) is 16.3 Å². The molecule has 0 saturated carbocycles. The number of para-hydroxylation sites is 1. The van der Waals surface area contributed by atoms with Crippen molar-refractivity contribution in [3.8, 4) is 5.75 Å². The standard InChI is InChI=1S/C12H16ClNO3/c1-9-3-2-4-10(11(9)15)12(16)14-6-8-17-7-5-13/h2-4,15H,5-8H2,1H3,(H,14,16). The molecule has 0 unspecified atom stereocenters. The van der Waals surface area contributed by atoms with E-state index in [1.807, 2.05) is 0 Å². The van der Waals surface area contributed by atoms with Gasteiger partial charge >= 0.3 is 0 Å². The normalized spacial score (nSPS) is 10.2. The van der Waals surface area contributed by atoms with E-state index in [0.717, 1.165) is 0 Å². The number of halogens is 1. The highest BCUT2D eigenvalue weighted by Gasteiger charge is 2.11. The zero-order valence-corrected chi connectivity index (χ0v) is 10.5. The van der Waals surface area contributed by atoms with Crippen LogP contribution in [-0.4, -0.2) is 36.7 Å². The second-order valence-electron chi connectivity index (χ2n) is 3.53. The summed E-state index contributed by atoms with van der Waals surface area (Å²) < 4.78 is 5.11. The summed E-state index contributed by atoms with van der Waals surface area (Å²) in [5, 5.41) is 12.4. The van der Waals surface area contributed by atoms with Crippen molar-refractivity contribution >= 4 is 17.5 Å². The highest BCUT2D eigenvalue weighted by atomic mass is 35.5. The molecule has 0 aliphatic heterocycles. The van der Waals surface area contributed by atoms with Crippen LogP contribution >= 0.6 is 11.6 Å². The quantitative estimate of drug-likeness (QED) is 0.602. The van der Waals surface area contributed by atoms with Gasteiger partial charge in [0.2, 0.25) is 0 Å². The Labute approximate surface area is 106 Å². The van der Waals surface area contributed by atoms with Crippen LogP contribution in [-0.2, 0) is 4.74 Å². The largest absolute Gasteiger partial charge is 0.507 e. The number of carbonyl (C=O) groups is 1. The smallest absolute Gasteiger partial charge is 0.255 e. The molecule has 0 fully saturated rings. The number of aryl methyl sites for hydroxylation is 1. The van der Waals surface area contributed by atoms with Gasteiger partial charge in [0.25, 0.3) is 5.91 Å². The van der Waals surface area contributed by atoms with E-state index in [9.17, 15) is 9.90 Å². The van der Waals surface area contributed by atoms with Gasteiger partial charge in [0.15, 0.2) is 0 Å². The van der Waals surface area contributed by atoms with Crippen LogP contribution in [0.3, 0.4) is 0 Å². The fraction of sp³-hybridized carbons (Fsp3) is 0.417. The number of nitrogens with one attached hydrogen (secondary N) is 1. The molecule has 17 heavy (non-hydrogen) atoms. The Morgan fingerprint density at radius 3 is 2.94 bits per heavy atom. The van der Waals surface area contributed by atoms with Gasteiger partial charge in [-0.3, -0.25) is 4.79 Å². The van der Waals surface area contributed by atoms with Gasteiger partial charge in [0.1, 0.15) is 5.75 Å². The third-order valence-corrected chi connectivity index (χ3v) is 2.39.